The Bertz CT molecular complexity index is 2200. The largest absolute Gasteiger partial charge is 0.440 e. The molecule has 0 fully saturated rings. The van der Waals surface area contributed by atoms with Crippen LogP contribution in [0.25, 0.3) is 32.7 Å². The molecule has 0 saturated carbocycles. The second-order valence-corrected chi connectivity index (χ2v) is 20.3. The summed E-state index contributed by atoms with van der Waals surface area (Å²) in [5, 5.41) is 4.39. The fourth-order valence-electron chi connectivity index (χ4n) is 7.79. The van der Waals surface area contributed by atoms with Gasteiger partial charge in [0.2, 0.25) is 0 Å². The first kappa shape index (κ1) is 41.5. The molecule has 6 aromatic rings. The summed E-state index contributed by atoms with van der Waals surface area (Å²) in [6.07, 6.45) is 0. The third-order valence-corrected chi connectivity index (χ3v) is 11.8. The Labute approximate surface area is 339 Å². The van der Waals surface area contributed by atoms with Crippen molar-refractivity contribution in [2.45, 2.75) is 119 Å². The maximum Gasteiger partial charge on any atom is 0.275 e. The number of hydrogen-bond acceptors (Lipinski definition) is 4. The molecule has 2 atom stereocenters. The summed E-state index contributed by atoms with van der Waals surface area (Å²) in [7, 11) is -0.556. The molecule has 294 valence electrons. The third kappa shape index (κ3) is 8.58. The lowest BCUT2D eigenvalue weighted by Crippen LogP contribution is -2.22. The Morgan fingerprint density at radius 1 is 0.375 bits per heavy atom. The van der Waals surface area contributed by atoms with Crippen LogP contribution in [0.15, 0.2) is 97.1 Å². The summed E-state index contributed by atoms with van der Waals surface area (Å²) in [5.74, 6) is 3.28. The standard InChI is InChI=1S/C50H60O4P2/c1-31-37(47(3,4)5)29-39(49(9,10)11)45(53-55-51-41-27-19-23-33-21-15-17-25-35(33)41)43(31)44-32(2)38(48(6,7)8)30-40(50(12,13)14)46(44)54-56-52-42-28-20-24-34-22-16-18-26-36(34)42/h15-30,55-56H,1-14H3. The van der Waals surface area contributed by atoms with Gasteiger partial charge in [-0.2, -0.15) is 0 Å². The summed E-state index contributed by atoms with van der Waals surface area (Å²) in [4.78, 5) is 0. The fourth-order valence-corrected chi connectivity index (χ4v) is 9.00. The predicted octanol–water partition coefficient (Wildman–Crippen LogP) is 15.4. The molecular weight excluding hydrogens is 726 g/mol. The van der Waals surface area contributed by atoms with Crippen molar-refractivity contribution in [1.82, 2.24) is 0 Å². The lowest BCUT2D eigenvalue weighted by molar-refractivity contribution is 0.486. The van der Waals surface area contributed by atoms with E-state index < -0.39 is 0 Å². The summed E-state index contributed by atoms with van der Waals surface area (Å²) in [6.45, 7) is 31.9. The molecule has 0 saturated heterocycles. The van der Waals surface area contributed by atoms with Crippen molar-refractivity contribution < 1.29 is 18.1 Å². The molecule has 2 unspecified atom stereocenters. The van der Waals surface area contributed by atoms with E-state index in [1.54, 1.807) is 0 Å². The van der Waals surface area contributed by atoms with Gasteiger partial charge in [0.05, 0.1) is 0 Å². The first-order valence-corrected chi connectivity index (χ1v) is 21.3. The van der Waals surface area contributed by atoms with Crippen LogP contribution in [0.5, 0.6) is 23.0 Å². The average Bonchev–Trinajstić information content (AvgIpc) is 3.10. The maximum absolute atomic E-state index is 7.05. The Morgan fingerprint density at radius 3 is 1.04 bits per heavy atom. The van der Waals surface area contributed by atoms with Crippen molar-refractivity contribution in [3.8, 4) is 34.1 Å². The zero-order valence-electron chi connectivity index (χ0n) is 35.9. The molecule has 0 N–H and O–H groups in total. The summed E-state index contributed by atoms with van der Waals surface area (Å²) in [6, 6.07) is 33.7. The minimum absolute atomic E-state index is 0.137. The van der Waals surface area contributed by atoms with Crippen molar-refractivity contribution in [2.75, 3.05) is 0 Å². The van der Waals surface area contributed by atoms with Crippen molar-refractivity contribution in [1.29, 1.82) is 0 Å². The smallest absolute Gasteiger partial charge is 0.275 e. The predicted molar refractivity (Wildman–Crippen MR) is 243 cm³/mol. The maximum atomic E-state index is 7.05. The van der Waals surface area contributed by atoms with Crippen LogP contribution in [0.3, 0.4) is 0 Å². The van der Waals surface area contributed by atoms with E-state index in [4.69, 9.17) is 18.1 Å². The SMILES string of the molecule is Cc1c(C(C)(C)C)cc(C(C)(C)C)c(OPOc2cccc3ccccc23)c1-c1c(C)c(C(C)(C)C)cc(C(C)(C)C)c1OPOc1cccc2ccccc12. The molecule has 0 aromatic heterocycles. The van der Waals surface area contributed by atoms with Crippen molar-refractivity contribution in [3.63, 3.8) is 0 Å². The molecule has 0 aliphatic heterocycles. The van der Waals surface area contributed by atoms with E-state index in [1.807, 2.05) is 36.4 Å². The molecule has 0 heterocycles. The highest BCUT2D eigenvalue weighted by atomic mass is 31.1. The van der Waals surface area contributed by atoms with E-state index in [0.29, 0.717) is 0 Å². The van der Waals surface area contributed by atoms with E-state index in [1.165, 1.54) is 22.3 Å². The lowest BCUT2D eigenvalue weighted by atomic mass is 9.72. The van der Waals surface area contributed by atoms with Crippen LogP contribution < -0.4 is 18.1 Å². The van der Waals surface area contributed by atoms with Gasteiger partial charge >= 0.3 is 0 Å². The molecule has 0 spiro atoms. The molecule has 0 aliphatic carbocycles. The highest BCUT2D eigenvalue weighted by Gasteiger charge is 2.35. The fraction of sp³-hybridized carbons (Fsp3) is 0.360. The topological polar surface area (TPSA) is 36.9 Å². The highest BCUT2D eigenvalue weighted by molar-refractivity contribution is 7.27. The minimum Gasteiger partial charge on any atom is -0.440 e. The summed E-state index contributed by atoms with van der Waals surface area (Å²) in [5.41, 5.74) is 8.51. The van der Waals surface area contributed by atoms with Crippen LogP contribution in [-0.2, 0) is 21.7 Å². The summed E-state index contributed by atoms with van der Waals surface area (Å²) < 4.78 is 27.2. The number of rotatable bonds is 9. The Hall–Kier alpha value is -4.10. The molecule has 0 radical (unpaired) electrons. The second kappa shape index (κ2) is 15.7. The van der Waals surface area contributed by atoms with Crippen molar-refractivity contribution in [2.24, 2.45) is 0 Å². The Kier molecular flexibility index (Phi) is 11.6. The van der Waals surface area contributed by atoms with E-state index in [9.17, 15) is 0 Å². The zero-order chi connectivity index (χ0) is 40.8. The average molecular weight is 787 g/mol. The molecular formula is C50H60O4P2. The van der Waals surface area contributed by atoms with Crippen LogP contribution >= 0.6 is 18.1 Å². The third-order valence-electron chi connectivity index (χ3n) is 10.7. The summed E-state index contributed by atoms with van der Waals surface area (Å²) >= 11 is 0. The van der Waals surface area contributed by atoms with Gasteiger partial charge in [0, 0.05) is 33.0 Å². The van der Waals surface area contributed by atoms with Gasteiger partial charge in [-0.3, -0.25) is 0 Å². The first-order valence-electron chi connectivity index (χ1n) is 19.7. The van der Waals surface area contributed by atoms with E-state index in [-0.39, 0.29) is 39.7 Å². The van der Waals surface area contributed by atoms with Crippen LogP contribution in [0.2, 0.25) is 0 Å². The van der Waals surface area contributed by atoms with Crippen LogP contribution in [0.1, 0.15) is 116 Å². The van der Waals surface area contributed by atoms with Gasteiger partial charge in [-0.25, -0.2) is 0 Å². The Morgan fingerprint density at radius 2 is 0.696 bits per heavy atom. The monoisotopic (exact) mass is 786 g/mol. The molecule has 6 rings (SSSR count). The van der Waals surface area contributed by atoms with Gasteiger partial charge in [-0.15, -0.1) is 0 Å². The lowest BCUT2D eigenvalue weighted by Gasteiger charge is -2.35. The van der Waals surface area contributed by atoms with Gasteiger partial charge < -0.3 is 18.1 Å². The minimum atomic E-state index is -0.278. The molecule has 6 aromatic carbocycles. The van der Waals surface area contributed by atoms with Gasteiger partial charge in [0.25, 0.3) is 18.1 Å². The Balaban J connectivity index is 1.60. The molecule has 0 aliphatic rings. The molecule has 4 nitrogen and oxygen atoms in total. The van der Waals surface area contributed by atoms with Crippen LogP contribution in [-0.4, -0.2) is 0 Å². The molecule has 6 heteroatoms. The van der Waals surface area contributed by atoms with E-state index in [0.717, 1.165) is 66.8 Å². The van der Waals surface area contributed by atoms with Gasteiger partial charge in [0.15, 0.2) is 0 Å². The van der Waals surface area contributed by atoms with Crippen LogP contribution in [0, 0.1) is 13.8 Å². The van der Waals surface area contributed by atoms with Crippen LogP contribution in [0.4, 0.5) is 0 Å². The zero-order valence-corrected chi connectivity index (χ0v) is 37.9. The van der Waals surface area contributed by atoms with Gasteiger partial charge in [-0.05, 0) is 80.7 Å². The number of fused-ring (bicyclic) bond motifs is 2. The molecule has 0 bridgehead atoms. The van der Waals surface area contributed by atoms with Gasteiger partial charge in [0.1, 0.15) is 23.0 Å². The van der Waals surface area contributed by atoms with Gasteiger partial charge in [-0.1, -0.05) is 168 Å². The van der Waals surface area contributed by atoms with Crippen molar-refractivity contribution >= 4 is 39.6 Å². The normalized spacial score (nSPS) is 13.0. The quantitative estimate of drug-likeness (QED) is 0.137. The van der Waals surface area contributed by atoms with E-state index in [2.05, 4.69) is 158 Å². The van der Waals surface area contributed by atoms with E-state index >= 15 is 0 Å². The first-order chi connectivity index (χ1) is 26.2. The van der Waals surface area contributed by atoms with Crippen molar-refractivity contribution in [3.05, 3.63) is 130 Å². The molecule has 0 amide bonds. The second-order valence-electron chi connectivity index (χ2n) is 19.1. The highest BCUT2D eigenvalue weighted by Crippen LogP contribution is 2.55. The number of benzene rings is 6. The molecule has 56 heavy (non-hydrogen) atoms. The number of hydrogen-bond donors (Lipinski definition) is 0.